The standard InChI is InChI=1S/C20H41N/c1-5-7-8-9-10-11-12-13-14-15-16-17-18-20(3,4)21-19-6-2/h9-10,21H,5-8,11-19H2,1-4H3. The second-order valence-electron chi connectivity index (χ2n) is 7.08. The predicted molar refractivity (Wildman–Crippen MR) is 98.0 cm³/mol. The lowest BCUT2D eigenvalue weighted by Crippen LogP contribution is -2.39. The zero-order valence-electron chi connectivity index (χ0n) is 15.3. The van der Waals surface area contributed by atoms with Crippen LogP contribution in [0.15, 0.2) is 12.2 Å². The fourth-order valence-electron chi connectivity index (χ4n) is 2.65. The minimum Gasteiger partial charge on any atom is -0.312 e. The molecule has 1 N–H and O–H groups in total. The van der Waals surface area contributed by atoms with Gasteiger partial charge in [-0.15, -0.1) is 0 Å². The Kier molecular flexibility index (Phi) is 14.4. The van der Waals surface area contributed by atoms with E-state index in [1.807, 2.05) is 0 Å². The SMILES string of the molecule is CCCCC=CCCCCCCCCC(C)(C)NCCC. The molecule has 0 rings (SSSR count). The Morgan fingerprint density at radius 2 is 1.29 bits per heavy atom. The summed E-state index contributed by atoms with van der Waals surface area (Å²) in [6, 6.07) is 0. The van der Waals surface area contributed by atoms with Crippen LogP contribution in [0.2, 0.25) is 0 Å². The van der Waals surface area contributed by atoms with Gasteiger partial charge in [0, 0.05) is 5.54 Å². The maximum atomic E-state index is 3.64. The van der Waals surface area contributed by atoms with E-state index in [-0.39, 0.29) is 0 Å². The molecule has 0 amide bonds. The van der Waals surface area contributed by atoms with Crippen molar-refractivity contribution in [3.05, 3.63) is 12.2 Å². The zero-order valence-corrected chi connectivity index (χ0v) is 15.3. The molecule has 0 saturated carbocycles. The summed E-state index contributed by atoms with van der Waals surface area (Å²) in [6.45, 7) is 10.3. The van der Waals surface area contributed by atoms with E-state index in [0.29, 0.717) is 5.54 Å². The maximum Gasteiger partial charge on any atom is 0.0125 e. The molecule has 0 aromatic carbocycles. The van der Waals surface area contributed by atoms with Crippen LogP contribution in [-0.4, -0.2) is 12.1 Å². The molecule has 21 heavy (non-hydrogen) atoms. The average molecular weight is 296 g/mol. The quantitative estimate of drug-likeness (QED) is 0.264. The van der Waals surface area contributed by atoms with Crippen LogP contribution < -0.4 is 5.32 Å². The Labute approximate surface area is 135 Å². The second-order valence-corrected chi connectivity index (χ2v) is 7.08. The molecule has 0 aromatic rings. The number of unbranched alkanes of at least 4 members (excludes halogenated alkanes) is 8. The van der Waals surface area contributed by atoms with E-state index in [1.165, 1.54) is 77.0 Å². The van der Waals surface area contributed by atoms with Crippen molar-refractivity contribution in [2.24, 2.45) is 0 Å². The minimum absolute atomic E-state index is 0.333. The highest BCUT2D eigenvalue weighted by Gasteiger charge is 2.14. The summed E-state index contributed by atoms with van der Waals surface area (Å²) in [5.74, 6) is 0. The normalized spacial score (nSPS) is 12.4. The Bertz CT molecular complexity index is 230. The molecule has 0 radical (unpaired) electrons. The van der Waals surface area contributed by atoms with Crippen molar-refractivity contribution in [1.82, 2.24) is 5.32 Å². The molecule has 1 heteroatoms. The lowest BCUT2D eigenvalue weighted by molar-refractivity contribution is 0.347. The molecule has 0 aliphatic carbocycles. The molecule has 126 valence electrons. The lowest BCUT2D eigenvalue weighted by atomic mass is 9.96. The molecule has 0 heterocycles. The monoisotopic (exact) mass is 295 g/mol. The Morgan fingerprint density at radius 3 is 1.90 bits per heavy atom. The number of rotatable bonds is 15. The highest BCUT2D eigenvalue weighted by molar-refractivity contribution is 4.81. The highest BCUT2D eigenvalue weighted by Crippen LogP contribution is 2.15. The van der Waals surface area contributed by atoms with E-state index < -0.39 is 0 Å². The molecule has 0 spiro atoms. The van der Waals surface area contributed by atoms with Crippen molar-refractivity contribution in [2.45, 2.75) is 110 Å². The first kappa shape index (κ1) is 20.7. The third kappa shape index (κ3) is 15.9. The smallest absolute Gasteiger partial charge is 0.0125 e. The van der Waals surface area contributed by atoms with Crippen LogP contribution in [0.25, 0.3) is 0 Å². The van der Waals surface area contributed by atoms with E-state index >= 15 is 0 Å². The van der Waals surface area contributed by atoms with Gasteiger partial charge in [-0.1, -0.05) is 70.9 Å². The molecule has 0 aliphatic heterocycles. The molecule has 0 atom stereocenters. The first-order valence-electron chi connectivity index (χ1n) is 9.52. The first-order valence-corrected chi connectivity index (χ1v) is 9.52. The van der Waals surface area contributed by atoms with E-state index in [0.717, 1.165) is 6.54 Å². The van der Waals surface area contributed by atoms with Crippen molar-refractivity contribution in [3.8, 4) is 0 Å². The van der Waals surface area contributed by atoms with Gasteiger partial charge < -0.3 is 5.32 Å². The Hall–Kier alpha value is -0.300. The largest absolute Gasteiger partial charge is 0.312 e. The summed E-state index contributed by atoms with van der Waals surface area (Å²) >= 11 is 0. The van der Waals surface area contributed by atoms with E-state index in [1.54, 1.807) is 0 Å². The minimum atomic E-state index is 0.333. The summed E-state index contributed by atoms with van der Waals surface area (Å²) in [5.41, 5.74) is 0.333. The zero-order chi connectivity index (χ0) is 15.8. The molecule has 0 saturated heterocycles. The van der Waals surface area contributed by atoms with Crippen molar-refractivity contribution in [1.29, 1.82) is 0 Å². The highest BCUT2D eigenvalue weighted by atomic mass is 14.9. The number of hydrogen-bond donors (Lipinski definition) is 1. The van der Waals surface area contributed by atoms with Crippen LogP contribution in [-0.2, 0) is 0 Å². The van der Waals surface area contributed by atoms with Crippen molar-refractivity contribution in [2.75, 3.05) is 6.54 Å². The summed E-state index contributed by atoms with van der Waals surface area (Å²) in [6.07, 6.45) is 20.9. The topological polar surface area (TPSA) is 12.0 Å². The van der Waals surface area contributed by atoms with E-state index in [4.69, 9.17) is 0 Å². The van der Waals surface area contributed by atoms with Gasteiger partial charge in [-0.25, -0.2) is 0 Å². The van der Waals surface area contributed by atoms with Gasteiger partial charge in [0.1, 0.15) is 0 Å². The molecular formula is C20H41N. The molecule has 0 unspecified atom stereocenters. The third-order valence-electron chi connectivity index (χ3n) is 4.17. The van der Waals surface area contributed by atoms with E-state index in [9.17, 15) is 0 Å². The lowest BCUT2D eigenvalue weighted by Gasteiger charge is -2.26. The van der Waals surface area contributed by atoms with E-state index in [2.05, 4.69) is 45.2 Å². The molecule has 0 fully saturated rings. The van der Waals surface area contributed by atoms with Crippen molar-refractivity contribution in [3.63, 3.8) is 0 Å². The second kappa shape index (κ2) is 14.6. The van der Waals surface area contributed by atoms with Gasteiger partial charge in [0.05, 0.1) is 0 Å². The summed E-state index contributed by atoms with van der Waals surface area (Å²) in [4.78, 5) is 0. The maximum absolute atomic E-state index is 3.64. The first-order chi connectivity index (χ1) is 10.1. The summed E-state index contributed by atoms with van der Waals surface area (Å²) in [5, 5.41) is 3.64. The fraction of sp³-hybridized carbons (Fsp3) is 0.900. The van der Waals surface area contributed by atoms with Gasteiger partial charge in [-0.3, -0.25) is 0 Å². The van der Waals surface area contributed by atoms with Gasteiger partial charge in [0.25, 0.3) is 0 Å². The van der Waals surface area contributed by atoms with Crippen LogP contribution >= 0.6 is 0 Å². The van der Waals surface area contributed by atoms with Crippen LogP contribution in [0.1, 0.15) is 105 Å². The predicted octanol–water partition coefficient (Wildman–Crippen LogP) is 6.63. The fourth-order valence-corrected chi connectivity index (χ4v) is 2.65. The Morgan fingerprint density at radius 1 is 0.714 bits per heavy atom. The molecular weight excluding hydrogens is 254 g/mol. The van der Waals surface area contributed by atoms with Crippen LogP contribution in [0.3, 0.4) is 0 Å². The summed E-state index contributed by atoms with van der Waals surface area (Å²) < 4.78 is 0. The van der Waals surface area contributed by atoms with Crippen LogP contribution in [0.5, 0.6) is 0 Å². The molecule has 0 aromatic heterocycles. The van der Waals surface area contributed by atoms with Gasteiger partial charge in [0.15, 0.2) is 0 Å². The van der Waals surface area contributed by atoms with Gasteiger partial charge in [0.2, 0.25) is 0 Å². The number of nitrogens with one attached hydrogen (secondary N) is 1. The number of hydrogen-bond acceptors (Lipinski definition) is 1. The van der Waals surface area contributed by atoms with Crippen molar-refractivity contribution < 1.29 is 0 Å². The molecule has 0 aliphatic rings. The molecule has 0 bridgehead atoms. The number of allylic oxidation sites excluding steroid dienone is 2. The Balaban J connectivity index is 3.27. The summed E-state index contributed by atoms with van der Waals surface area (Å²) in [7, 11) is 0. The third-order valence-corrected chi connectivity index (χ3v) is 4.17. The molecule has 1 nitrogen and oxygen atoms in total. The van der Waals surface area contributed by atoms with Crippen LogP contribution in [0.4, 0.5) is 0 Å². The van der Waals surface area contributed by atoms with Gasteiger partial charge in [-0.05, 0) is 52.5 Å². The van der Waals surface area contributed by atoms with Crippen LogP contribution in [0, 0.1) is 0 Å². The van der Waals surface area contributed by atoms with Gasteiger partial charge >= 0.3 is 0 Å². The average Bonchev–Trinajstić information content (AvgIpc) is 2.46. The van der Waals surface area contributed by atoms with Gasteiger partial charge in [-0.2, -0.15) is 0 Å². The van der Waals surface area contributed by atoms with Crippen molar-refractivity contribution >= 4 is 0 Å².